The fraction of sp³-hybridized carbons (Fsp3) is 0.935. The molecule has 0 aromatic carbocycles. The average molecular weight is 497 g/mol. The normalized spacial score (nSPS) is 12.1. The lowest BCUT2D eigenvalue weighted by atomic mass is 9.87. The number of ether oxygens (including phenoxy) is 2. The van der Waals surface area contributed by atoms with Crippen molar-refractivity contribution in [2.24, 2.45) is 11.8 Å². The van der Waals surface area contributed by atoms with Crippen molar-refractivity contribution in [2.45, 2.75) is 163 Å². The molecule has 0 spiro atoms. The molecule has 4 heteroatoms. The van der Waals surface area contributed by atoms with Gasteiger partial charge in [0.1, 0.15) is 0 Å². The lowest BCUT2D eigenvalue weighted by molar-refractivity contribution is -0.145. The Morgan fingerprint density at radius 2 is 0.971 bits per heavy atom. The van der Waals surface area contributed by atoms with E-state index in [9.17, 15) is 9.59 Å². The van der Waals surface area contributed by atoms with Crippen molar-refractivity contribution >= 4 is 11.9 Å². The molecule has 0 radical (unpaired) electrons. The molecule has 0 saturated carbocycles. The zero-order valence-electron chi connectivity index (χ0n) is 24.1. The minimum absolute atomic E-state index is 0.0133. The van der Waals surface area contributed by atoms with Crippen molar-refractivity contribution in [1.29, 1.82) is 0 Å². The van der Waals surface area contributed by atoms with Crippen molar-refractivity contribution in [3.8, 4) is 0 Å². The van der Waals surface area contributed by atoms with E-state index in [1.807, 2.05) is 0 Å². The van der Waals surface area contributed by atoms with Crippen LogP contribution in [0, 0.1) is 11.8 Å². The summed E-state index contributed by atoms with van der Waals surface area (Å²) in [7, 11) is 0. The van der Waals surface area contributed by atoms with Crippen LogP contribution in [0.25, 0.3) is 0 Å². The molecule has 1 atom stereocenters. The third-order valence-electron chi connectivity index (χ3n) is 7.10. The quantitative estimate of drug-likeness (QED) is 0.0883. The van der Waals surface area contributed by atoms with Crippen LogP contribution in [-0.2, 0) is 19.1 Å². The minimum atomic E-state index is -0.0262. The van der Waals surface area contributed by atoms with Crippen LogP contribution in [0.15, 0.2) is 0 Å². The molecule has 1 unspecified atom stereocenters. The Kier molecular flexibility index (Phi) is 25.2. The fourth-order valence-electron chi connectivity index (χ4n) is 4.54. The summed E-state index contributed by atoms with van der Waals surface area (Å²) in [6.45, 7) is 10.1. The number of hydrogen-bond acceptors (Lipinski definition) is 4. The number of carbonyl (C=O) groups is 2. The number of rotatable bonds is 26. The smallest absolute Gasteiger partial charge is 0.306 e. The van der Waals surface area contributed by atoms with Gasteiger partial charge in [-0.3, -0.25) is 9.59 Å². The largest absolute Gasteiger partial charge is 0.466 e. The molecular weight excluding hydrogens is 436 g/mol. The molecule has 0 aliphatic heterocycles. The summed E-state index contributed by atoms with van der Waals surface area (Å²) in [5.74, 6) is 0.898. The molecule has 0 heterocycles. The lowest BCUT2D eigenvalue weighted by Crippen LogP contribution is -2.17. The highest BCUT2D eigenvalue weighted by Crippen LogP contribution is 2.23. The molecule has 0 aliphatic rings. The summed E-state index contributed by atoms with van der Waals surface area (Å²) in [4.78, 5) is 24.0. The van der Waals surface area contributed by atoms with Crippen LogP contribution < -0.4 is 0 Å². The summed E-state index contributed by atoms with van der Waals surface area (Å²) in [5.41, 5.74) is 0. The SMILES string of the molecule is CCCCCCCCOC(=O)CCCCCCCCC(CC(=O)OCCCCCCCC)C(C)C. The Morgan fingerprint density at radius 3 is 1.49 bits per heavy atom. The molecule has 0 aliphatic carbocycles. The summed E-state index contributed by atoms with van der Waals surface area (Å²) >= 11 is 0. The molecule has 0 bridgehead atoms. The molecule has 0 aromatic rings. The first kappa shape index (κ1) is 33.9. The second-order valence-electron chi connectivity index (χ2n) is 10.8. The Hall–Kier alpha value is -1.06. The number of hydrogen-bond donors (Lipinski definition) is 0. The number of esters is 2. The van der Waals surface area contributed by atoms with Crippen molar-refractivity contribution in [2.75, 3.05) is 13.2 Å². The predicted octanol–water partition coefficient (Wildman–Crippen LogP) is 9.58. The van der Waals surface area contributed by atoms with Crippen molar-refractivity contribution in [3.63, 3.8) is 0 Å². The van der Waals surface area contributed by atoms with E-state index in [1.54, 1.807) is 0 Å². The lowest BCUT2D eigenvalue weighted by Gasteiger charge is -2.20. The van der Waals surface area contributed by atoms with Gasteiger partial charge in [0.25, 0.3) is 0 Å². The summed E-state index contributed by atoms with van der Waals surface area (Å²) < 4.78 is 10.8. The highest BCUT2D eigenvalue weighted by molar-refractivity contribution is 5.69. The maximum atomic E-state index is 12.2. The molecule has 35 heavy (non-hydrogen) atoms. The van der Waals surface area contributed by atoms with Gasteiger partial charge < -0.3 is 9.47 Å². The average Bonchev–Trinajstić information content (AvgIpc) is 2.83. The summed E-state index contributed by atoms with van der Waals surface area (Å²) in [6.07, 6.45) is 23.6. The van der Waals surface area contributed by atoms with Crippen LogP contribution in [0.5, 0.6) is 0 Å². The van der Waals surface area contributed by atoms with Gasteiger partial charge in [0.05, 0.1) is 13.2 Å². The van der Waals surface area contributed by atoms with Crippen molar-refractivity contribution in [3.05, 3.63) is 0 Å². The zero-order chi connectivity index (χ0) is 26.0. The Morgan fingerprint density at radius 1 is 0.543 bits per heavy atom. The Balaban J connectivity index is 3.63. The first-order chi connectivity index (χ1) is 17.0. The first-order valence-corrected chi connectivity index (χ1v) is 15.3. The van der Waals surface area contributed by atoms with Crippen LogP contribution in [0.3, 0.4) is 0 Å². The van der Waals surface area contributed by atoms with E-state index >= 15 is 0 Å². The standard InChI is InChI=1S/C31H60O4/c1-5-7-9-11-17-21-25-34-30(32)24-20-16-14-13-15-19-23-29(28(3)4)27-31(33)35-26-22-18-12-10-8-6-2/h28-29H,5-27H2,1-4H3. The second-order valence-corrected chi connectivity index (χ2v) is 10.8. The van der Waals surface area contributed by atoms with Gasteiger partial charge in [0, 0.05) is 12.8 Å². The minimum Gasteiger partial charge on any atom is -0.466 e. The molecule has 0 N–H and O–H groups in total. The van der Waals surface area contributed by atoms with Crippen LogP contribution in [0.4, 0.5) is 0 Å². The zero-order valence-corrected chi connectivity index (χ0v) is 24.1. The van der Waals surface area contributed by atoms with E-state index in [4.69, 9.17) is 9.47 Å². The third kappa shape index (κ3) is 24.4. The Bertz CT molecular complexity index is 475. The monoisotopic (exact) mass is 496 g/mol. The van der Waals surface area contributed by atoms with Gasteiger partial charge in [0.2, 0.25) is 0 Å². The highest BCUT2D eigenvalue weighted by Gasteiger charge is 2.18. The first-order valence-electron chi connectivity index (χ1n) is 15.3. The van der Waals surface area contributed by atoms with Gasteiger partial charge in [-0.1, -0.05) is 124 Å². The van der Waals surface area contributed by atoms with E-state index in [2.05, 4.69) is 27.7 Å². The van der Waals surface area contributed by atoms with E-state index < -0.39 is 0 Å². The van der Waals surface area contributed by atoms with Crippen LogP contribution >= 0.6 is 0 Å². The highest BCUT2D eigenvalue weighted by atomic mass is 16.5. The fourth-order valence-corrected chi connectivity index (χ4v) is 4.54. The molecular formula is C31H60O4. The third-order valence-corrected chi connectivity index (χ3v) is 7.10. The molecule has 0 saturated heterocycles. The van der Waals surface area contributed by atoms with Gasteiger partial charge in [-0.2, -0.15) is 0 Å². The molecule has 4 nitrogen and oxygen atoms in total. The maximum Gasteiger partial charge on any atom is 0.306 e. The van der Waals surface area contributed by atoms with Crippen molar-refractivity contribution in [1.82, 2.24) is 0 Å². The van der Waals surface area contributed by atoms with Crippen LogP contribution in [0.2, 0.25) is 0 Å². The predicted molar refractivity (Wildman–Crippen MR) is 149 cm³/mol. The van der Waals surface area contributed by atoms with Gasteiger partial charge >= 0.3 is 11.9 Å². The van der Waals surface area contributed by atoms with Crippen LogP contribution in [0.1, 0.15) is 163 Å². The molecule has 0 amide bonds. The second kappa shape index (κ2) is 26.0. The summed E-state index contributed by atoms with van der Waals surface area (Å²) in [6, 6.07) is 0. The van der Waals surface area contributed by atoms with Gasteiger partial charge in [-0.05, 0) is 37.5 Å². The maximum absolute atomic E-state index is 12.2. The molecule has 0 aromatic heterocycles. The van der Waals surface area contributed by atoms with E-state index in [-0.39, 0.29) is 11.9 Å². The number of carbonyl (C=O) groups excluding carboxylic acids is 2. The molecule has 0 fully saturated rings. The summed E-state index contributed by atoms with van der Waals surface area (Å²) in [5, 5.41) is 0. The van der Waals surface area contributed by atoms with E-state index in [1.165, 1.54) is 89.9 Å². The van der Waals surface area contributed by atoms with Crippen molar-refractivity contribution < 1.29 is 19.1 Å². The van der Waals surface area contributed by atoms with E-state index in [0.717, 1.165) is 32.1 Å². The van der Waals surface area contributed by atoms with E-state index in [0.29, 0.717) is 37.9 Å². The topological polar surface area (TPSA) is 52.6 Å². The Labute approximate surface area is 218 Å². The number of unbranched alkanes of at least 4 members (excludes halogenated alkanes) is 15. The van der Waals surface area contributed by atoms with Gasteiger partial charge in [-0.25, -0.2) is 0 Å². The van der Waals surface area contributed by atoms with Gasteiger partial charge in [-0.15, -0.1) is 0 Å². The molecule has 208 valence electrons. The van der Waals surface area contributed by atoms with Gasteiger partial charge in [0.15, 0.2) is 0 Å². The van der Waals surface area contributed by atoms with Crippen LogP contribution in [-0.4, -0.2) is 25.2 Å². The molecule has 0 rings (SSSR count).